The van der Waals surface area contributed by atoms with Gasteiger partial charge in [0.15, 0.2) is 10.7 Å². The standard InChI is InChI=1S/C14H10Cl2N2O2S/c1-2-10-12(13(19)20)18-11(6-21-14(18)17-10)8-4-3-7(15)5-9(8)16/h3-6H,2H2,1H3,(H,19,20). The van der Waals surface area contributed by atoms with Crippen LogP contribution in [-0.2, 0) is 6.42 Å². The van der Waals surface area contributed by atoms with Gasteiger partial charge in [0.2, 0.25) is 0 Å². The summed E-state index contributed by atoms with van der Waals surface area (Å²) in [5, 5.41) is 12.3. The lowest BCUT2D eigenvalue weighted by molar-refractivity contribution is 0.0688. The fourth-order valence-electron chi connectivity index (χ4n) is 2.25. The first-order valence-electron chi connectivity index (χ1n) is 6.20. The number of carboxylic acids is 1. The zero-order valence-corrected chi connectivity index (χ0v) is 13.3. The third-order valence-corrected chi connectivity index (χ3v) is 4.55. The van der Waals surface area contributed by atoms with Crippen LogP contribution < -0.4 is 0 Å². The Bertz CT molecular complexity index is 854. The van der Waals surface area contributed by atoms with E-state index in [-0.39, 0.29) is 5.69 Å². The van der Waals surface area contributed by atoms with Crippen LogP contribution in [0.25, 0.3) is 16.2 Å². The Hall–Kier alpha value is -1.56. The van der Waals surface area contributed by atoms with E-state index in [1.807, 2.05) is 12.3 Å². The Morgan fingerprint density at radius 1 is 1.43 bits per heavy atom. The number of carboxylic acid groups (broad SMARTS) is 1. The molecule has 0 aliphatic heterocycles. The minimum atomic E-state index is -0.996. The molecule has 4 nitrogen and oxygen atoms in total. The van der Waals surface area contributed by atoms with Crippen LogP contribution in [0.15, 0.2) is 23.6 Å². The third-order valence-electron chi connectivity index (χ3n) is 3.18. The van der Waals surface area contributed by atoms with Gasteiger partial charge in [-0.1, -0.05) is 30.1 Å². The van der Waals surface area contributed by atoms with Crippen molar-refractivity contribution in [1.29, 1.82) is 0 Å². The number of aryl methyl sites for hydroxylation is 1. The maximum Gasteiger partial charge on any atom is 0.354 e. The third kappa shape index (κ3) is 2.31. The van der Waals surface area contributed by atoms with E-state index in [0.29, 0.717) is 32.8 Å². The van der Waals surface area contributed by atoms with E-state index in [1.165, 1.54) is 11.3 Å². The van der Waals surface area contributed by atoms with E-state index in [9.17, 15) is 9.90 Å². The van der Waals surface area contributed by atoms with Crippen molar-refractivity contribution in [3.05, 3.63) is 45.0 Å². The Morgan fingerprint density at radius 2 is 2.19 bits per heavy atom. The van der Waals surface area contributed by atoms with Crippen LogP contribution in [0.1, 0.15) is 23.1 Å². The Kier molecular flexibility index (Phi) is 3.65. The molecule has 108 valence electrons. The highest BCUT2D eigenvalue weighted by Gasteiger charge is 2.22. The van der Waals surface area contributed by atoms with Crippen LogP contribution >= 0.6 is 34.5 Å². The number of aromatic carboxylic acids is 1. The fourth-order valence-corrected chi connectivity index (χ4v) is 3.67. The number of aromatic nitrogens is 2. The molecule has 0 radical (unpaired) electrons. The lowest BCUT2D eigenvalue weighted by atomic mass is 10.1. The van der Waals surface area contributed by atoms with Gasteiger partial charge in [-0.25, -0.2) is 9.78 Å². The number of nitrogens with zero attached hydrogens (tertiary/aromatic N) is 2. The molecule has 2 heterocycles. The Morgan fingerprint density at radius 3 is 2.81 bits per heavy atom. The molecule has 0 fully saturated rings. The number of rotatable bonds is 3. The van der Waals surface area contributed by atoms with E-state index in [0.717, 1.165) is 5.56 Å². The average Bonchev–Trinajstić information content (AvgIpc) is 2.97. The first-order valence-corrected chi connectivity index (χ1v) is 7.84. The van der Waals surface area contributed by atoms with Crippen molar-refractivity contribution in [3.63, 3.8) is 0 Å². The molecule has 2 aromatic heterocycles. The van der Waals surface area contributed by atoms with Gasteiger partial charge in [-0.2, -0.15) is 0 Å². The second-order valence-electron chi connectivity index (χ2n) is 4.43. The second kappa shape index (κ2) is 5.33. The molecule has 0 saturated heterocycles. The van der Waals surface area contributed by atoms with Crippen molar-refractivity contribution in [2.45, 2.75) is 13.3 Å². The monoisotopic (exact) mass is 340 g/mol. The zero-order valence-electron chi connectivity index (χ0n) is 10.9. The van der Waals surface area contributed by atoms with Gasteiger partial charge in [0.1, 0.15) is 0 Å². The summed E-state index contributed by atoms with van der Waals surface area (Å²) in [4.78, 5) is 16.6. The highest BCUT2D eigenvalue weighted by Crippen LogP contribution is 2.34. The molecule has 1 N–H and O–H groups in total. The van der Waals surface area contributed by atoms with Crippen LogP contribution in [0, 0.1) is 0 Å². The Labute approximate surface area is 134 Å². The van der Waals surface area contributed by atoms with E-state index in [4.69, 9.17) is 23.2 Å². The molecule has 3 aromatic rings. The maximum atomic E-state index is 11.6. The van der Waals surface area contributed by atoms with E-state index in [1.54, 1.807) is 22.6 Å². The number of hydrogen-bond donors (Lipinski definition) is 1. The zero-order chi connectivity index (χ0) is 15.1. The minimum absolute atomic E-state index is 0.190. The van der Waals surface area contributed by atoms with E-state index in [2.05, 4.69) is 4.98 Å². The molecule has 0 bridgehead atoms. The molecule has 0 amide bonds. The summed E-state index contributed by atoms with van der Waals surface area (Å²) in [6.45, 7) is 1.88. The number of hydrogen-bond acceptors (Lipinski definition) is 3. The summed E-state index contributed by atoms with van der Waals surface area (Å²) >= 11 is 13.5. The predicted molar refractivity (Wildman–Crippen MR) is 84.9 cm³/mol. The molecule has 0 spiro atoms. The molecule has 0 atom stereocenters. The van der Waals surface area contributed by atoms with Crippen molar-refractivity contribution in [2.24, 2.45) is 0 Å². The van der Waals surface area contributed by atoms with Crippen LogP contribution in [0.2, 0.25) is 10.0 Å². The summed E-state index contributed by atoms with van der Waals surface area (Å²) in [5.41, 5.74) is 2.20. The van der Waals surface area contributed by atoms with Crippen LogP contribution in [0.5, 0.6) is 0 Å². The number of thiazole rings is 1. The topological polar surface area (TPSA) is 54.6 Å². The van der Waals surface area contributed by atoms with Crippen molar-refractivity contribution < 1.29 is 9.90 Å². The van der Waals surface area contributed by atoms with Gasteiger partial charge in [0, 0.05) is 16.0 Å². The number of fused-ring (bicyclic) bond motifs is 1. The first kappa shape index (κ1) is 14.4. The van der Waals surface area contributed by atoms with Crippen molar-refractivity contribution in [2.75, 3.05) is 0 Å². The van der Waals surface area contributed by atoms with Crippen LogP contribution in [-0.4, -0.2) is 20.5 Å². The minimum Gasteiger partial charge on any atom is -0.477 e. The van der Waals surface area contributed by atoms with Gasteiger partial charge in [0.05, 0.1) is 16.4 Å². The average molecular weight is 341 g/mol. The molecule has 0 unspecified atom stereocenters. The van der Waals surface area contributed by atoms with E-state index < -0.39 is 5.97 Å². The van der Waals surface area contributed by atoms with Gasteiger partial charge >= 0.3 is 5.97 Å². The van der Waals surface area contributed by atoms with Gasteiger partial charge in [-0.05, 0) is 24.6 Å². The summed E-state index contributed by atoms with van der Waals surface area (Å²) < 4.78 is 1.64. The quantitative estimate of drug-likeness (QED) is 0.756. The first-order chi connectivity index (χ1) is 10.0. The van der Waals surface area contributed by atoms with Gasteiger partial charge in [0.25, 0.3) is 0 Å². The largest absolute Gasteiger partial charge is 0.477 e. The van der Waals surface area contributed by atoms with Crippen LogP contribution in [0.4, 0.5) is 0 Å². The smallest absolute Gasteiger partial charge is 0.354 e. The van der Waals surface area contributed by atoms with Crippen molar-refractivity contribution >= 4 is 45.5 Å². The Balaban J connectivity index is 2.33. The molecule has 21 heavy (non-hydrogen) atoms. The fraction of sp³-hybridized carbons (Fsp3) is 0.143. The molecule has 0 aliphatic rings. The van der Waals surface area contributed by atoms with Crippen molar-refractivity contribution in [1.82, 2.24) is 9.38 Å². The number of benzene rings is 1. The van der Waals surface area contributed by atoms with Gasteiger partial charge < -0.3 is 5.11 Å². The molecular weight excluding hydrogens is 331 g/mol. The lowest BCUT2D eigenvalue weighted by Crippen LogP contribution is -2.05. The molecule has 7 heteroatoms. The summed E-state index contributed by atoms with van der Waals surface area (Å²) in [7, 11) is 0. The maximum absolute atomic E-state index is 11.6. The van der Waals surface area contributed by atoms with Crippen LogP contribution in [0.3, 0.4) is 0 Å². The highest BCUT2D eigenvalue weighted by atomic mass is 35.5. The summed E-state index contributed by atoms with van der Waals surface area (Å²) in [6.07, 6.45) is 0.559. The molecule has 3 rings (SSSR count). The van der Waals surface area contributed by atoms with Gasteiger partial charge in [-0.3, -0.25) is 4.40 Å². The van der Waals surface area contributed by atoms with Gasteiger partial charge in [-0.15, -0.1) is 11.3 Å². The molecule has 1 aromatic carbocycles. The summed E-state index contributed by atoms with van der Waals surface area (Å²) in [5.74, 6) is -0.996. The lowest BCUT2D eigenvalue weighted by Gasteiger charge is -2.05. The predicted octanol–water partition coefficient (Wildman–Crippen LogP) is 4.63. The van der Waals surface area contributed by atoms with E-state index >= 15 is 0 Å². The summed E-state index contributed by atoms with van der Waals surface area (Å²) in [6, 6.07) is 5.15. The number of halogens is 2. The normalized spacial score (nSPS) is 11.2. The van der Waals surface area contributed by atoms with Crippen molar-refractivity contribution in [3.8, 4) is 11.3 Å². The molecule has 0 saturated carbocycles. The molecular formula is C14H10Cl2N2O2S. The molecule has 0 aliphatic carbocycles. The SMILES string of the molecule is CCc1nc2scc(-c3ccc(Cl)cc3Cl)n2c1C(=O)O. The highest BCUT2D eigenvalue weighted by molar-refractivity contribution is 7.15. The second-order valence-corrected chi connectivity index (χ2v) is 6.11. The number of carbonyl (C=O) groups is 1. The number of imidazole rings is 1.